The van der Waals surface area contributed by atoms with Gasteiger partial charge in [0.1, 0.15) is 18.2 Å². The van der Waals surface area contributed by atoms with Gasteiger partial charge in [0.2, 0.25) is 0 Å². The fourth-order valence-electron chi connectivity index (χ4n) is 3.46. The van der Waals surface area contributed by atoms with Gasteiger partial charge < -0.3 is 10.1 Å². The first-order valence-electron chi connectivity index (χ1n) is 10.5. The average Bonchev–Trinajstić information content (AvgIpc) is 3.07. The minimum absolute atomic E-state index is 0.218. The molecule has 0 atom stereocenters. The third kappa shape index (κ3) is 5.59. The normalized spacial score (nSPS) is 10.8. The average molecular weight is 464 g/mol. The highest BCUT2D eigenvalue weighted by Gasteiger charge is 2.15. The van der Waals surface area contributed by atoms with Crippen LogP contribution < -0.4 is 10.1 Å². The third-order valence-electron chi connectivity index (χ3n) is 5.28. The zero-order valence-electron chi connectivity index (χ0n) is 18.3. The first-order valence-corrected chi connectivity index (χ1v) is 10.8. The molecule has 4 rings (SSSR count). The van der Waals surface area contributed by atoms with E-state index in [-0.39, 0.29) is 11.7 Å². The SMILES string of the molecule is Cc1nn(Cc2ccc(F)cc2)c(C)c1NC(=O)c1ccc(COc2cccc(Cl)c2)cc1. The first kappa shape index (κ1) is 22.6. The van der Waals surface area contributed by atoms with Crippen molar-refractivity contribution < 1.29 is 13.9 Å². The van der Waals surface area contributed by atoms with E-state index in [1.807, 2.05) is 38.1 Å². The molecular weight excluding hydrogens is 441 g/mol. The van der Waals surface area contributed by atoms with E-state index in [2.05, 4.69) is 10.4 Å². The summed E-state index contributed by atoms with van der Waals surface area (Å²) in [7, 11) is 0. The van der Waals surface area contributed by atoms with Gasteiger partial charge >= 0.3 is 0 Å². The molecule has 4 aromatic rings. The molecule has 1 heterocycles. The van der Waals surface area contributed by atoms with Crippen LogP contribution >= 0.6 is 11.6 Å². The topological polar surface area (TPSA) is 56.2 Å². The fourth-order valence-corrected chi connectivity index (χ4v) is 3.64. The Morgan fingerprint density at radius 3 is 2.42 bits per heavy atom. The molecule has 5 nitrogen and oxygen atoms in total. The van der Waals surface area contributed by atoms with Gasteiger partial charge in [-0.05, 0) is 67.4 Å². The lowest BCUT2D eigenvalue weighted by molar-refractivity contribution is 0.102. The molecule has 0 saturated heterocycles. The summed E-state index contributed by atoms with van der Waals surface area (Å²) in [5, 5.41) is 8.11. The van der Waals surface area contributed by atoms with Crippen LogP contribution in [0.25, 0.3) is 0 Å². The minimum atomic E-state index is -0.276. The highest BCUT2D eigenvalue weighted by Crippen LogP contribution is 2.22. The standard InChI is InChI=1S/C26H23ClFN3O2/c1-17-25(18(2)31(30-17)15-19-8-12-23(28)13-9-19)29-26(32)21-10-6-20(7-11-21)16-33-24-5-3-4-22(27)14-24/h3-14H,15-16H2,1-2H3,(H,29,32). The van der Waals surface area contributed by atoms with E-state index in [0.29, 0.717) is 35.2 Å². The third-order valence-corrected chi connectivity index (χ3v) is 5.52. The van der Waals surface area contributed by atoms with Crippen LogP contribution in [-0.2, 0) is 13.2 Å². The van der Waals surface area contributed by atoms with E-state index in [0.717, 1.165) is 22.5 Å². The van der Waals surface area contributed by atoms with Crippen molar-refractivity contribution in [3.63, 3.8) is 0 Å². The lowest BCUT2D eigenvalue weighted by Crippen LogP contribution is -2.13. The number of anilines is 1. The summed E-state index contributed by atoms with van der Waals surface area (Å²) in [5.74, 6) is 0.194. The number of amides is 1. The molecule has 1 aromatic heterocycles. The van der Waals surface area contributed by atoms with E-state index in [9.17, 15) is 9.18 Å². The Kier molecular flexibility index (Phi) is 6.75. The predicted molar refractivity (Wildman–Crippen MR) is 127 cm³/mol. The molecule has 33 heavy (non-hydrogen) atoms. The van der Waals surface area contributed by atoms with Gasteiger partial charge in [0.25, 0.3) is 5.91 Å². The van der Waals surface area contributed by atoms with Crippen LogP contribution in [0.3, 0.4) is 0 Å². The van der Waals surface area contributed by atoms with E-state index >= 15 is 0 Å². The van der Waals surface area contributed by atoms with Crippen LogP contribution in [0.2, 0.25) is 5.02 Å². The molecule has 0 radical (unpaired) electrons. The molecule has 0 unspecified atom stereocenters. The van der Waals surface area contributed by atoms with Gasteiger partial charge in [-0.25, -0.2) is 4.39 Å². The predicted octanol–water partition coefficient (Wildman–Crippen LogP) is 6.17. The number of aromatic nitrogens is 2. The molecule has 0 fully saturated rings. The monoisotopic (exact) mass is 463 g/mol. The van der Waals surface area contributed by atoms with Crippen molar-refractivity contribution in [3.8, 4) is 5.75 Å². The van der Waals surface area contributed by atoms with Crippen LogP contribution in [0, 0.1) is 19.7 Å². The lowest BCUT2D eigenvalue weighted by atomic mass is 10.1. The zero-order chi connectivity index (χ0) is 23.4. The summed E-state index contributed by atoms with van der Waals surface area (Å²) in [4.78, 5) is 12.8. The van der Waals surface area contributed by atoms with Crippen LogP contribution in [0.5, 0.6) is 5.75 Å². The molecule has 1 amide bonds. The van der Waals surface area contributed by atoms with E-state index in [1.54, 1.807) is 41.1 Å². The van der Waals surface area contributed by atoms with E-state index < -0.39 is 0 Å². The second-order valence-electron chi connectivity index (χ2n) is 7.73. The lowest BCUT2D eigenvalue weighted by Gasteiger charge is -2.09. The van der Waals surface area contributed by atoms with Crippen LogP contribution in [0.4, 0.5) is 10.1 Å². The molecule has 1 N–H and O–H groups in total. The molecule has 0 bridgehead atoms. The Morgan fingerprint density at radius 1 is 1.03 bits per heavy atom. The Morgan fingerprint density at radius 2 is 1.73 bits per heavy atom. The summed E-state index contributed by atoms with van der Waals surface area (Å²) < 4.78 is 20.7. The summed E-state index contributed by atoms with van der Waals surface area (Å²) in [6.45, 7) is 4.61. The molecule has 0 aliphatic rings. The number of nitrogens with one attached hydrogen (secondary N) is 1. The Balaban J connectivity index is 1.40. The fraction of sp³-hybridized carbons (Fsp3) is 0.154. The second-order valence-corrected chi connectivity index (χ2v) is 8.16. The van der Waals surface area contributed by atoms with Crippen LogP contribution in [0.15, 0.2) is 72.8 Å². The number of hydrogen-bond donors (Lipinski definition) is 1. The quantitative estimate of drug-likeness (QED) is 0.356. The maximum Gasteiger partial charge on any atom is 0.255 e. The molecule has 0 saturated carbocycles. The summed E-state index contributed by atoms with van der Waals surface area (Å²) in [6, 6.07) is 20.8. The Hall–Kier alpha value is -3.64. The number of ether oxygens (including phenoxy) is 1. The summed E-state index contributed by atoms with van der Waals surface area (Å²) in [5.41, 5.74) is 4.62. The maximum absolute atomic E-state index is 13.2. The van der Waals surface area contributed by atoms with Crippen molar-refractivity contribution in [2.45, 2.75) is 27.0 Å². The number of carbonyl (C=O) groups is 1. The number of benzene rings is 3. The van der Waals surface area contributed by atoms with E-state index in [4.69, 9.17) is 16.3 Å². The number of halogens is 2. The van der Waals surface area contributed by atoms with Gasteiger partial charge in [0, 0.05) is 10.6 Å². The molecule has 0 spiro atoms. The molecule has 3 aromatic carbocycles. The first-order chi connectivity index (χ1) is 15.9. The highest BCUT2D eigenvalue weighted by molar-refractivity contribution is 6.30. The summed E-state index contributed by atoms with van der Waals surface area (Å²) >= 11 is 5.97. The highest BCUT2D eigenvalue weighted by atomic mass is 35.5. The number of aryl methyl sites for hydroxylation is 1. The number of nitrogens with zero attached hydrogens (tertiary/aromatic N) is 2. The largest absolute Gasteiger partial charge is 0.489 e. The van der Waals surface area contributed by atoms with Crippen molar-refractivity contribution in [2.75, 3.05) is 5.32 Å². The smallest absolute Gasteiger partial charge is 0.255 e. The maximum atomic E-state index is 13.2. The van der Waals surface area contributed by atoms with Gasteiger partial charge in [-0.15, -0.1) is 0 Å². The molecule has 0 aliphatic carbocycles. The van der Waals surface area contributed by atoms with Crippen LogP contribution in [0.1, 0.15) is 32.9 Å². The second kappa shape index (κ2) is 9.88. The Bertz CT molecular complexity index is 1270. The Labute approximate surface area is 196 Å². The van der Waals surface area contributed by atoms with Crippen molar-refractivity contribution in [1.29, 1.82) is 0 Å². The van der Waals surface area contributed by atoms with Gasteiger partial charge in [0.05, 0.1) is 23.6 Å². The van der Waals surface area contributed by atoms with Gasteiger partial charge in [0.15, 0.2) is 0 Å². The minimum Gasteiger partial charge on any atom is -0.489 e. The number of rotatable bonds is 7. The van der Waals surface area contributed by atoms with Gasteiger partial charge in [-0.1, -0.05) is 41.9 Å². The molecule has 7 heteroatoms. The molecular formula is C26H23ClFN3O2. The summed E-state index contributed by atoms with van der Waals surface area (Å²) in [6.07, 6.45) is 0. The van der Waals surface area contributed by atoms with Crippen molar-refractivity contribution in [1.82, 2.24) is 9.78 Å². The molecule has 0 aliphatic heterocycles. The van der Waals surface area contributed by atoms with Crippen molar-refractivity contribution in [2.24, 2.45) is 0 Å². The molecule has 168 valence electrons. The number of carbonyl (C=O) groups excluding carboxylic acids is 1. The van der Waals surface area contributed by atoms with Crippen LogP contribution in [-0.4, -0.2) is 15.7 Å². The van der Waals surface area contributed by atoms with Crippen molar-refractivity contribution >= 4 is 23.2 Å². The zero-order valence-corrected chi connectivity index (χ0v) is 19.1. The van der Waals surface area contributed by atoms with E-state index in [1.165, 1.54) is 12.1 Å². The van der Waals surface area contributed by atoms with Crippen molar-refractivity contribution in [3.05, 3.63) is 112 Å². The number of hydrogen-bond acceptors (Lipinski definition) is 3. The van der Waals surface area contributed by atoms with Gasteiger partial charge in [-0.2, -0.15) is 5.10 Å². The van der Waals surface area contributed by atoms with Gasteiger partial charge in [-0.3, -0.25) is 9.48 Å².